The molecule has 1 aromatic carbocycles. The molecule has 2 atom stereocenters. The third-order valence-corrected chi connectivity index (χ3v) is 4.82. The topological polar surface area (TPSA) is 29.3 Å². The molecule has 2 rings (SSSR count). The van der Waals surface area contributed by atoms with E-state index in [1.165, 1.54) is 12.1 Å². The molecular formula is C13H18ClFN2S. The van der Waals surface area contributed by atoms with Crippen LogP contribution in [0, 0.1) is 5.82 Å². The predicted octanol–water partition coefficient (Wildman–Crippen LogP) is 2.40. The van der Waals surface area contributed by atoms with Crippen molar-refractivity contribution in [2.75, 3.05) is 25.1 Å². The number of nitrogens with two attached hydrogens (primary N) is 1. The van der Waals surface area contributed by atoms with Crippen molar-refractivity contribution < 1.29 is 4.39 Å². The Morgan fingerprint density at radius 2 is 2.39 bits per heavy atom. The lowest BCUT2D eigenvalue weighted by molar-refractivity contribution is 0.235. The summed E-state index contributed by atoms with van der Waals surface area (Å²) < 4.78 is 13.2. The van der Waals surface area contributed by atoms with Crippen molar-refractivity contribution in [2.45, 2.75) is 18.5 Å². The molecule has 0 bridgehead atoms. The van der Waals surface area contributed by atoms with Crippen molar-refractivity contribution >= 4 is 23.4 Å². The second-order valence-electron chi connectivity index (χ2n) is 4.73. The standard InChI is InChI=1S/C13H18ClFN2S/c1-17-4-5-18-8-13(17)12(16)7-9-6-10(15)2-3-11(9)14/h2-3,6,12-13H,4-5,7-8,16H2,1H3. The van der Waals surface area contributed by atoms with Crippen molar-refractivity contribution in [3.8, 4) is 0 Å². The van der Waals surface area contributed by atoms with Gasteiger partial charge in [-0.25, -0.2) is 4.39 Å². The minimum atomic E-state index is -0.257. The van der Waals surface area contributed by atoms with Crippen LogP contribution >= 0.6 is 23.4 Å². The molecule has 0 aliphatic carbocycles. The maximum absolute atomic E-state index is 13.2. The maximum Gasteiger partial charge on any atom is 0.123 e. The van der Waals surface area contributed by atoms with Crippen molar-refractivity contribution in [1.29, 1.82) is 0 Å². The van der Waals surface area contributed by atoms with Crippen LogP contribution in [-0.4, -0.2) is 42.1 Å². The number of likely N-dealkylation sites (N-methyl/N-ethyl adjacent to an activating group) is 1. The summed E-state index contributed by atoms with van der Waals surface area (Å²) in [4.78, 5) is 2.29. The molecule has 1 aliphatic rings. The van der Waals surface area contributed by atoms with Gasteiger partial charge in [0.15, 0.2) is 0 Å². The molecule has 2 N–H and O–H groups in total. The highest BCUT2D eigenvalue weighted by molar-refractivity contribution is 7.99. The summed E-state index contributed by atoms with van der Waals surface area (Å²) in [5.74, 6) is 1.93. The van der Waals surface area contributed by atoms with Gasteiger partial charge < -0.3 is 10.6 Å². The Balaban J connectivity index is 2.05. The molecule has 1 aliphatic heterocycles. The summed E-state index contributed by atoms with van der Waals surface area (Å²) >= 11 is 8.00. The average Bonchev–Trinajstić information content (AvgIpc) is 2.34. The second-order valence-corrected chi connectivity index (χ2v) is 6.28. The van der Waals surface area contributed by atoms with E-state index >= 15 is 0 Å². The van der Waals surface area contributed by atoms with Gasteiger partial charge in [-0.05, 0) is 37.2 Å². The monoisotopic (exact) mass is 288 g/mol. The van der Waals surface area contributed by atoms with Gasteiger partial charge in [-0.15, -0.1) is 0 Å². The van der Waals surface area contributed by atoms with Crippen LogP contribution in [0.2, 0.25) is 5.02 Å². The molecule has 100 valence electrons. The Labute approximate surface area is 117 Å². The molecule has 18 heavy (non-hydrogen) atoms. The third-order valence-electron chi connectivity index (χ3n) is 3.40. The van der Waals surface area contributed by atoms with Crippen LogP contribution < -0.4 is 5.73 Å². The number of thioether (sulfide) groups is 1. The summed E-state index contributed by atoms with van der Waals surface area (Å²) in [7, 11) is 2.09. The van der Waals surface area contributed by atoms with Crippen LogP contribution in [0.5, 0.6) is 0 Å². The van der Waals surface area contributed by atoms with Gasteiger partial charge in [-0.2, -0.15) is 11.8 Å². The average molecular weight is 289 g/mol. The minimum absolute atomic E-state index is 0.0119. The number of hydrogen-bond acceptors (Lipinski definition) is 3. The first-order chi connectivity index (χ1) is 8.58. The molecule has 1 heterocycles. The van der Waals surface area contributed by atoms with Crippen molar-refractivity contribution in [1.82, 2.24) is 4.90 Å². The highest BCUT2D eigenvalue weighted by atomic mass is 35.5. The summed E-state index contributed by atoms with van der Waals surface area (Å²) in [6.45, 7) is 1.06. The zero-order chi connectivity index (χ0) is 13.1. The van der Waals surface area contributed by atoms with Gasteiger partial charge in [0.1, 0.15) is 5.82 Å². The molecule has 1 saturated heterocycles. The normalized spacial score (nSPS) is 23.0. The Hall–Kier alpha value is -0.290. The van der Waals surface area contributed by atoms with E-state index in [1.54, 1.807) is 6.07 Å². The van der Waals surface area contributed by atoms with Gasteiger partial charge in [-0.1, -0.05) is 11.6 Å². The number of benzene rings is 1. The van der Waals surface area contributed by atoms with E-state index in [4.69, 9.17) is 17.3 Å². The molecule has 0 aromatic heterocycles. The Morgan fingerprint density at radius 1 is 1.61 bits per heavy atom. The van der Waals surface area contributed by atoms with Crippen LogP contribution in [-0.2, 0) is 6.42 Å². The highest BCUT2D eigenvalue weighted by Gasteiger charge is 2.26. The Morgan fingerprint density at radius 3 is 3.11 bits per heavy atom. The van der Waals surface area contributed by atoms with Gasteiger partial charge in [0.25, 0.3) is 0 Å². The first kappa shape index (κ1) is 14.1. The van der Waals surface area contributed by atoms with Crippen LogP contribution in [0.3, 0.4) is 0 Å². The molecule has 0 radical (unpaired) electrons. The van der Waals surface area contributed by atoms with Gasteiger partial charge in [0.2, 0.25) is 0 Å². The second kappa shape index (κ2) is 6.24. The quantitative estimate of drug-likeness (QED) is 0.926. The van der Waals surface area contributed by atoms with E-state index in [0.717, 1.165) is 23.6 Å². The third kappa shape index (κ3) is 3.38. The fraction of sp³-hybridized carbons (Fsp3) is 0.538. The number of hydrogen-bond donors (Lipinski definition) is 1. The van der Waals surface area contributed by atoms with E-state index in [1.807, 2.05) is 11.8 Å². The Bertz CT molecular complexity index is 416. The van der Waals surface area contributed by atoms with Gasteiger partial charge in [0.05, 0.1) is 0 Å². The van der Waals surface area contributed by atoms with E-state index in [0.29, 0.717) is 17.5 Å². The molecule has 2 nitrogen and oxygen atoms in total. The molecule has 5 heteroatoms. The smallest absolute Gasteiger partial charge is 0.123 e. The molecule has 0 spiro atoms. The Kier molecular flexibility index (Phi) is 4.90. The lowest BCUT2D eigenvalue weighted by atomic mass is 10.00. The molecular weight excluding hydrogens is 271 g/mol. The molecule has 1 fully saturated rings. The fourth-order valence-electron chi connectivity index (χ4n) is 2.25. The summed E-state index contributed by atoms with van der Waals surface area (Å²) in [5, 5.41) is 0.595. The van der Waals surface area contributed by atoms with E-state index < -0.39 is 0 Å². The summed E-state index contributed by atoms with van der Waals surface area (Å²) in [5.41, 5.74) is 7.05. The van der Waals surface area contributed by atoms with Crippen LogP contribution in [0.1, 0.15) is 5.56 Å². The lowest BCUT2D eigenvalue weighted by Crippen LogP contribution is -2.51. The number of nitrogens with zero attached hydrogens (tertiary/aromatic N) is 1. The zero-order valence-corrected chi connectivity index (χ0v) is 12.0. The predicted molar refractivity (Wildman–Crippen MR) is 76.8 cm³/mol. The first-order valence-corrected chi connectivity index (χ1v) is 7.58. The van der Waals surface area contributed by atoms with Gasteiger partial charge in [0, 0.05) is 35.2 Å². The van der Waals surface area contributed by atoms with Gasteiger partial charge in [-0.3, -0.25) is 0 Å². The molecule has 0 amide bonds. The zero-order valence-electron chi connectivity index (χ0n) is 10.4. The summed E-state index contributed by atoms with van der Waals surface area (Å²) in [6.07, 6.45) is 0.617. The van der Waals surface area contributed by atoms with Crippen LogP contribution in [0.25, 0.3) is 0 Å². The van der Waals surface area contributed by atoms with E-state index in [9.17, 15) is 4.39 Å². The number of halogens is 2. The SMILES string of the molecule is CN1CCSCC1C(N)Cc1cc(F)ccc1Cl. The molecule has 2 unspecified atom stereocenters. The fourth-order valence-corrected chi connectivity index (χ4v) is 3.77. The number of rotatable bonds is 3. The summed E-state index contributed by atoms with van der Waals surface area (Å²) in [6, 6.07) is 4.78. The lowest BCUT2D eigenvalue weighted by Gasteiger charge is -2.36. The molecule has 0 saturated carbocycles. The van der Waals surface area contributed by atoms with Crippen LogP contribution in [0.15, 0.2) is 18.2 Å². The molecule has 1 aromatic rings. The maximum atomic E-state index is 13.2. The van der Waals surface area contributed by atoms with E-state index in [2.05, 4.69) is 11.9 Å². The van der Waals surface area contributed by atoms with Gasteiger partial charge >= 0.3 is 0 Å². The van der Waals surface area contributed by atoms with E-state index in [-0.39, 0.29) is 11.9 Å². The first-order valence-electron chi connectivity index (χ1n) is 6.05. The largest absolute Gasteiger partial charge is 0.326 e. The van der Waals surface area contributed by atoms with Crippen molar-refractivity contribution in [2.24, 2.45) is 5.73 Å². The minimum Gasteiger partial charge on any atom is -0.326 e. The van der Waals surface area contributed by atoms with Crippen LogP contribution in [0.4, 0.5) is 4.39 Å². The van der Waals surface area contributed by atoms with Crippen molar-refractivity contribution in [3.05, 3.63) is 34.6 Å². The highest BCUT2D eigenvalue weighted by Crippen LogP contribution is 2.22. The van der Waals surface area contributed by atoms with Crippen molar-refractivity contribution in [3.63, 3.8) is 0 Å².